The number of hydrogen-bond donors (Lipinski definition) is 1. The van der Waals surface area contributed by atoms with Crippen molar-refractivity contribution in [2.75, 3.05) is 32.7 Å². The molecule has 2 aliphatic rings. The van der Waals surface area contributed by atoms with E-state index in [1.54, 1.807) is 0 Å². The molecule has 0 aromatic rings. The highest BCUT2D eigenvalue weighted by Gasteiger charge is 2.44. The van der Waals surface area contributed by atoms with Gasteiger partial charge in [-0.2, -0.15) is 0 Å². The molecule has 2 fully saturated rings. The normalized spacial score (nSPS) is 29.1. The highest BCUT2D eigenvalue weighted by Crippen LogP contribution is 2.36. The second-order valence-corrected chi connectivity index (χ2v) is 6.78. The number of nitrogens with one attached hydrogen (secondary N) is 1. The molecule has 0 amide bonds. The third kappa shape index (κ3) is 3.06. The van der Waals surface area contributed by atoms with Crippen molar-refractivity contribution in [3.05, 3.63) is 0 Å². The van der Waals surface area contributed by atoms with Gasteiger partial charge in [0.25, 0.3) is 0 Å². The molecule has 1 unspecified atom stereocenters. The summed E-state index contributed by atoms with van der Waals surface area (Å²) in [6, 6.07) is 0. The Kier molecular flexibility index (Phi) is 4.01. The van der Waals surface area contributed by atoms with Crippen LogP contribution in [0.2, 0.25) is 0 Å². The van der Waals surface area contributed by atoms with Crippen molar-refractivity contribution in [2.45, 2.75) is 45.3 Å². The van der Waals surface area contributed by atoms with Gasteiger partial charge < -0.3 is 10.1 Å². The predicted octanol–water partition coefficient (Wildman–Crippen LogP) is 1.49. The zero-order valence-electron chi connectivity index (χ0n) is 12.0. The molecule has 102 valence electrons. The molecule has 0 saturated carbocycles. The molecule has 3 heteroatoms. The van der Waals surface area contributed by atoms with Gasteiger partial charge in [0.15, 0.2) is 0 Å². The van der Waals surface area contributed by atoms with Gasteiger partial charge in [-0.15, -0.1) is 6.42 Å². The molecule has 0 radical (unpaired) electrons. The molecule has 3 nitrogen and oxygen atoms in total. The van der Waals surface area contributed by atoms with Crippen molar-refractivity contribution in [1.82, 2.24) is 10.2 Å². The topological polar surface area (TPSA) is 24.5 Å². The van der Waals surface area contributed by atoms with Gasteiger partial charge in [0.05, 0.1) is 18.2 Å². The fourth-order valence-electron chi connectivity index (χ4n) is 2.94. The maximum atomic E-state index is 6.51. The second-order valence-electron chi connectivity index (χ2n) is 6.78. The Hall–Kier alpha value is -0.560. The zero-order valence-corrected chi connectivity index (χ0v) is 12.0. The summed E-state index contributed by atoms with van der Waals surface area (Å²) in [5.74, 6) is 2.79. The molecule has 1 spiro atoms. The number of hydrogen-bond acceptors (Lipinski definition) is 3. The maximum absolute atomic E-state index is 6.51. The fourth-order valence-corrected chi connectivity index (χ4v) is 2.94. The number of nitrogens with zero attached hydrogens (tertiary/aromatic N) is 1. The maximum Gasteiger partial charge on any atom is 0.0838 e. The van der Waals surface area contributed by atoms with Crippen molar-refractivity contribution in [3.8, 4) is 12.3 Å². The molecule has 2 saturated heterocycles. The van der Waals surface area contributed by atoms with Crippen molar-refractivity contribution in [1.29, 1.82) is 0 Å². The van der Waals surface area contributed by atoms with Gasteiger partial charge in [-0.1, -0.05) is 26.7 Å². The summed E-state index contributed by atoms with van der Waals surface area (Å²) in [5, 5.41) is 3.42. The average Bonchev–Trinajstić information content (AvgIpc) is 2.28. The van der Waals surface area contributed by atoms with Crippen LogP contribution in [0.3, 0.4) is 0 Å². The van der Waals surface area contributed by atoms with Crippen LogP contribution in [-0.2, 0) is 4.74 Å². The minimum atomic E-state index is 0.0261. The van der Waals surface area contributed by atoms with E-state index >= 15 is 0 Å². The van der Waals surface area contributed by atoms with Gasteiger partial charge in [0.2, 0.25) is 0 Å². The second kappa shape index (κ2) is 5.21. The first-order valence-electron chi connectivity index (χ1n) is 7.00. The molecule has 2 rings (SSSR count). The Bertz CT molecular complexity index is 320. The minimum Gasteiger partial charge on any atom is -0.368 e. The van der Waals surface area contributed by atoms with E-state index < -0.39 is 0 Å². The lowest BCUT2D eigenvalue weighted by atomic mass is 9.83. The first-order chi connectivity index (χ1) is 8.45. The third-order valence-electron chi connectivity index (χ3n) is 4.12. The Morgan fingerprint density at radius 1 is 1.39 bits per heavy atom. The van der Waals surface area contributed by atoms with Gasteiger partial charge in [-0.3, -0.25) is 4.90 Å². The number of rotatable bonds is 1. The molecule has 18 heavy (non-hydrogen) atoms. The molecule has 2 heterocycles. The average molecular weight is 250 g/mol. The Morgan fingerprint density at radius 2 is 2.06 bits per heavy atom. The van der Waals surface area contributed by atoms with Crippen LogP contribution in [0.1, 0.15) is 33.6 Å². The van der Waals surface area contributed by atoms with Gasteiger partial charge in [0.1, 0.15) is 0 Å². The Balaban J connectivity index is 2.13. The SMILES string of the molecule is C#CCN1CC(C(C)(C)C)OC2(CCNCC2)C1. The highest BCUT2D eigenvalue weighted by atomic mass is 16.5. The van der Waals surface area contributed by atoms with Crippen LogP contribution < -0.4 is 5.32 Å². The lowest BCUT2D eigenvalue weighted by Gasteiger charge is -2.51. The van der Waals surface area contributed by atoms with Gasteiger partial charge in [-0.05, 0) is 31.3 Å². The summed E-state index contributed by atoms with van der Waals surface area (Å²) in [4.78, 5) is 2.39. The number of ether oxygens (including phenoxy) is 1. The van der Waals surface area contributed by atoms with Crippen molar-refractivity contribution in [3.63, 3.8) is 0 Å². The molecule has 0 aromatic carbocycles. The van der Waals surface area contributed by atoms with E-state index in [2.05, 4.69) is 36.9 Å². The largest absolute Gasteiger partial charge is 0.368 e. The smallest absolute Gasteiger partial charge is 0.0838 e. The number of morpholine rings is 1. The van der Waals surface area contributed by atoms with Crippen molar-refractivity contribution in [2.24, 2.45) is 5.41 Å². The lowest BCUT2D eigenvalue weighted by Crippen LogP contribution is -2.61. The summed E-state index contributed by atoms with van der Waals surface area (Å²) >= 11 is 0. The molecular formula is C15H26N2O. The quantitative estimate of drug-likeness (QED) is 0.714. The molecule has 1 atom stereocenters. The van der Waals surface area contributed by atoms with Crippen molar-refractivity contribution >= 4 is 0 Å². The summed E-state index contributed by atoms with van der Waals surface area (Å²) < 4.78 is 6.51. The lowest BCUT2D eigenvalue weighted by molar-refractivity contribution is -0.193. The van der Waals surface area contributed by atoms with E-state index in [1.165, 1.54) is 0 Å². The van der Waals surface area contributed by atoms with E-state index in [4.69, 9.17) is 11.2 Å². The molecule has 0 aromatic heterocycles. The van der Waals surface area contributed by atoms with Crippen LogP contribution >= 0.6 is 0 Å². The summed E-state index contributed by atoms with van der Waals surface area (Å²) in [7, 11) is 0. The zero-order chi connectivity index (χ0) is 13.2. The van der Waals surface area contributed by atoms with Crippen molar-refractivity contribution < 1.29 is 4.74 Å². The predicted molar refractivity (Wildman–Crippen MR) is 74.4 cm³/mol. The highest BCUT2D eigenvalue weighted by molar-refractivity contribution is 4.99. The number of terminal acetylenes is 1. The van der Waals surface area contributed by atoms with E-state index in [0.717, 1.165) is 45.6 Å². The molecular weight excluding hydrogens is 224 g/mol. The van der Waals surface area contributed by atoms with E-state index in [0.29, 0.717) is 0 Å². The Labute approximate surface area is 111 Å². The van der Waals surface area contributed by atoms with E-state index in [9.17, 15) is 0 Å². The van der Waals surface area contributed by atoms with Crippen LogP contribution in [-0.4, -0.2) is 49.3 Å². The van der Waals surface area contributed by atoms with Gasteiger partial charge in [-0.25, -0.2) is 0 Å². The summed E-state index contributed by atoms with van der Waals surface area (Å²) in [5.41, 5.74) is 0.198. The molecule has 0 aliphatic carbocycles. The van der Waals surface area contributed by atoms with Crippen LogP contribution in [0.25, 0.3) is 0 Å². The van der Waals surface area contributed by atoms with Gasteiger partial charge in [0, 0.05) is 13.1 Å². The Morgan fingerprint density at radius 3 is 2.61 bits per heavy atom. The van der Waals surface area contributed by atoms with Crippen LogP contribution in [0.15, 0.2) is 0 Å². The first kappa shape index (κ1) is 13.9. The van der Waals surface area contributed by atoms with E-state index in [-0.39, 0.29) is 17.1 Å². The summed E-state index contributed by atoms with van der Waals surface area (Å²) in [6.45, 7) is 11.6. The van der Waals surface area contributed by atoms with Crippen LogP contribution in [0, 0.1) is 17.8 Å². The molecule has 2 aliphatic heterocycles. The molecule has 0 bridgehead atoms. The first-order valence-corrected chi connectivity index (χ1v) is 7.00. The number of piperidine rings is 1. The standard InChI is InChI=1S/C15H26N2O/c1-5-10-17-11-13(14(2,3)4)18-15(12-17)6-8-16-9-7-15/h1,13,16H,6-12H2,2-4H3. The van der Waals surface area contributed by atoms with Crippen LogP contribution in [0.4, 0.5) is 0 Å². The van der Waals surface area contributed by atoms with Crippen LogP contribution in [0.5, 0.6) is 0 Å². The van der Waals surface area contributed by atoms with E-state index in [1.807, 2.05) is 0 Å². The van der Waals surface area contributed by atoms with Gasteiger partial charge >= 0.3 is 0 Å². The third-order valence-corrected chi connectivity index (χ3v) is 4.12. The summed E-state index contributed by atoms with van der Waals surface area (Å²) in [6.07, 6.45) is 7.96. The molecule has 1 N–H and O–H groups in total. The fraction of sp³-hybridized carbons (Fsp3) is 0.867. The minimum absolute atomic E-state index is 0.0261. The monoisotopic (exact) mass is 250 g/mol.